The summed E-state index contributed by atoms with van der Waals surface area (Å²) in [6, 6.07) is 19.1. The molecule has 4 rings (SSSR count). The number of halogens is 2. The molecule has 1 aliphatic carbocycles. The Morgan fingerprint density at radius 2 is 1.55 bits per heavy atom. The summed E-state index contributed by atoms with van der Waals surface area (Å²) in [5.74, 6) is 0.282. The molecule has 0 N–H and O–H groups in total. The number of hydrogen-bond donors (Lipinski definition) is 0. The first-order valence-corrected chi connectivity index (χ1v) is 7.29. The summed E-state index contributed by atoms with van der Waals surface area (Å²) in [6.45, 7) is 0. The number of hydrogen-bond acceptors (Lipinski definition) is 1. The van der Waals surface area contributed by atoms with Crippen LogP contribution in [0.3, 0.4) is 0 Å². The van der Waals surface area contributed by atoms with E-state index >= 15 is 0 Å². The van der Waals surface area contributed by atoms with Crippen molar-refractivity contribution in [2.24, 2.45) is 0 Å². The summed E-state index contributed by atoms with van der Waals surface area (Å²) in [4.78, 5) is 4.59. The second-order valence-corrected chi connectivity index (χ2v) is 5.77. The third kappa shape index (κ3) is 2.69. The van der Waals surface area contributed by atoms with Crippen molar-refractivity contribution in [1.29, 1.82) is 0 Å². The van der Waals surface area contributed by atoms with Crippen LogP contribution < -0.4 is 24.8 Å². The standard InChI is InChI=1S/C18H12N.2ClH.Cr/c1-2-8-15-13(5-1)10-11-16(15)17-9-3-6-14-7-4-12-19-18(14)17;;;/h1-10,12,16H;2*1H;/q;;;+2/p-2. The van der Waals surface area contributed by atoms with Crippen LogP contribution in [0.1, 0.15) is 22.6 Å². The van der Waals surface area contributed by atoms with Gasteiger partial charge < -0.3 is 24.8 Å². The molecule has 1 unspecified atom stereocenters. The quantitative estimate of drug-likeness (QED) is 0.500. The van der Waals surface area contributed by atoms with E-state index in [-0.39, 0.29) is 30.7 Å². The Balaban J connectivity index is 0.000000882. The zero-order chi connectivity index (χ0) is 13.5. The topological polar surface area (TPSA) is 12.9 Å². The molecule has 0 spiro atoms. The number of benzene rings is 2. The first kappa shape index (κ1) is 17.1. The van der Waals surface area contributed by atoms with Crippen molar-refractivity contribution in [2.75, 3.05) is 0 Å². The van der Waals surface area contributed by atoms with Crippen molar-refractivity contribution in [2.45, 2.75) is 5.92 Å². The van der Waals surface area contributed by atoms with Gasteiger partial charge in [-0.05, 0) is 0 Å². The Morgan fingerprint density at radius 1 is 0.818 bits per heavy atom. The van der Waals surface area contributed by atoms with Crippen LogP contribution >= 0.6 is 0 Å². The number of allylic oxidation sites excluding steroid dienone is 1. The van der Waals surface area contributed by atoms with E-state index in [4.69, 9.17) is 0 Å². The number of nitrogens with zero attached hydrogens (tertiary/aromatic N) is 1. The number of para-hydroxylation sites is 1. The minimum absolute atomic E-state index is 0. The third-order valence-corrected chi connectivity index (χ3v) is 4.42. The van der Waals surface area contributed by atoms with Crippen molar-refractivity contribution in [3.05, 3.63) is 81.9 Å². The van der Waals surface area contributed by atoms with Gasteiger partial charge in [-0.3, -0.25) is 0 Å². The average molecular weight is 365 g/mol. The second-order valence-electron chi connectivity index (χ2n) is 5.03. The summed E-state index contributed by atoms with van der Waals surface area (Å²) >= 11 is 3.23. The van der Waals surface area contributed by atoms with Gasteiger partial charge in [-0.25, -0.2) is 0 Å². The Labute approximate surface area is 150 Å². The van der Waals surface area contributed by atoms with Crippen molar-refractivity contribution in [3.8, 4) is 0 Å². The van der Waals surface area contributed by atoms with E-state index in [9.17, 15) is 0 Å². The molecule has 0 saturated carbocycles. The SMILES string of the molecule is [Cl-].[Cl-].[Cr+2][C]1=Cc2ccccc2C1c1cccc2cccnc12. The molecule has 3 aromatic rings. The summed E-state index contributed by atoms with van der Waals surface area (Å²) < 4.78 is 1.27. The molecule has 0 radical (unpaired) electrons. The number of fused-ring (bicyclic) bond motifs is 2. The molecule has 2 aromatic carbocycles. The minimum atomic E-state index is 0. The average Bonchev–Trinajstić information content (AvgIpc) is 2.82. The Bertz CT molecular complexity index is 840. The van der Waals surface area contributed by atoms with Crippen LogP contribution in [-0.2, 0) is 16.3 Å². The monoisotopic (exact) mass is 364 g/mol. The molecule has 0 saturated heterocycles. The summed E-state index contributed by atoms with van der Waals surface area (Å²) in [5, 5.41) is 1.20. The van der Waals surface area contributed by atoms with Crippen molar-refractivity contribution >= 4 is 17.0 Å². The van der Waals surface area contributed by atoms with Gasteiger partial charge in [0.25, 0.3) is 0 Å². The van der Waals surface area contributed by atoms with E-state index in [1.807, 2.05) is 12.3 Å². The molecule has 109 valence electrons. The fourth-order valence-electron chi connectivity index (χ4n) is 2.98. The second kappa shape index (κ2) is 6.86. The van der Waals surface area contributed by atoms with Gasteiger partial charge in [-0.2, -0.15) is 0 Å². The molecule has 1 heterocycles. The fourth-order valence-corrected chi connectivity index (χ4v) is 3.57. The van der Waals surface area contributed by atoms with Crippen LogP contribution in [0.15, 0.2) is 65.2 Å². The zero-order valence-electron chi connectivity index (χ0n) is 11.5. The molecule has 1 atom stereocenters. The van der Waals surface area contributed by atoms with Crippen LogP contribution in [-0.4, -0.2) is 4.98 Å². The van der Waals surface area contributed by atoms with E-state index in [1.54, 1.807) is 0 Å². The van der Waals surface area contributed by atoms with E-state index in [2.05, 4.69) is 75.9 Å². The summed E-state index contributed by atoms with van der Waals surface area (Å²) in [5.41, 5.74) is 5.04. The van der Waals surface area contributed by atoms with Crippen LogP contribution in [0, 0.1) is 0 Å². The van der Waals surface area contributed by atoms with Crippen molar-refractivity contribution in [1.82, 2.24) is 4.98 Å². The maximum absolute atomic E-state index is 4.59. The van der Waals surface area contributed by atoms with Gasteiger partial charge in [0.15, 0.2) is 0 Å². The molecular weight excluding hydrogens is 353 g/mol. The van der Waals surface area contributed by atoms with Crippen LogP contribution in [0.2, 0.25) is 0 Å². The van der Waals surface area contributed by atoms with Gasteiger partial charge in [0.05, 0.1) is 0 Å². The maximum atomic E-state index is 4.59. The van der Waals surface area contributed by atoms with E-state index < -0.39 is 0 Å². The van der Waals surface area contributed by atoms with Gasteiger partial charge in [-0.1, -0.05) is 0 Å². The van der Waals surface area contributed by atoms with E-state index in [1.165, 1.54) is 26.5 Å². The van der Waals surface area contributed by atoms with Gasteiger partial charge in [-0.15, -0.1) is 0 Å². The first-order valence-electron chi connectivity index (χ1n) is 6.66. The van der Waals surface area contributed by atoms with E-state index in [0.29, 0.717) is 0 Å². The number of pyridine rings is 1. The van der Waals surface area contributed by atoms with Gasteiger partial charge in [0.2, 0.25) is 0 Å². The molecule has 0 amide bonds. The summed E-state index contributed by atoms with van der Waals surface area (Å²) in [6.07, 6.45) is 4.11. The predicted molar refractivity (Wildman–Crippen MR) is 78.0 cm³/mol. The van der Waals surface area contributed by atoms with Crippen LogP contribution in [0.5, 0.6) is 0 Å². The number of rotatable bonds is 1. The number of aromatic nitrogens is 1. The molecule has 0 fully saturated rings. The molecule has 1 nitrogen and oxygen atoms in total. The van der Waals surface area contributed by atoms with Gasteiger partial charge in [0, 0.05) is 0 Å². The summed E-state index contributed by atoms with van der Waals surface area (Å²) in [7, 11) is 0. The predicted octanol–water partition coefficient (Wildman–Crippen LogP) is -1.72. The first-order chi connectivity index (χ1) is 9.84. The normalized spacial score (nSPS) is 15.4. The fraction of sp³-hybridized carbons (Fsp3) is 0.0556. The molecule has 1 aliphatic rings. The van der Waals surface area contributed by atoms with Crippen LogP contribution in [0.4, 0.5) is 0 Å². The van der Waals surface area contributed by atoms with Gasteiger partial charge in [0.1, 0.15) is 0 Å². The van der Waals surface area contributed by atoms with Crippen molar-refractivity contribution < 1.29 is 41.1 Å². The molecule has 22 heavy (non-hydrogen) atoms. The zero-order valence-corrected chi connectivity index (χ0v) is 14.3. The van der Waals surface area contributed by atoms with E-state index in [0.717, 1.165) is 5.52 Å². The molecule has 4 heteroatoms. The Morgan fingerprint density at radius 3 is 2.41 bits per heavy atom. The Kier molecular flexibility index (Phi) is 5.32. The third-order valence-electron chi connectivity index (χ3n) is 3.86. The van der Waals surface area contributed by atoms with Gasteiger partial charge >= 0.3 is 126 Å². The Hall–Kier alpha value is -1.30. The molecule has 0 bridgehead atoms. The molecular formula is C18H12Cl2CrN. The molecule has 1 aromatic heterocycles. The van der Waals surface area contributed by atoms with Crippen molar-refractivity contribution in [3.63, 3.8) is 0 Å². The molecule has 0 aliphatic heterocycles. The van der Waals surface area contributed by atoms with Crippen LogP contribution in [0.25, 0.3) is 17.0 Å².